The third-order valence-electron chi connectivity index (χ3n) is 2.42. The highest BCUT2D eigenvalue weighted by atomic mass is 79.9. The number of methoxy groups -OCH3 is 1. The summed E-state index contributed by atoms with van der Waals surface area (Å²) in [6.45, 7) is 3.73. The Bertz CT molecular complexity index is 503. The van der Waals surface area contributed by atoms with Gasteiger partial charge in [-0.3, -0.25) is 14.9 Å². The Balaban J connectivity index is 3.03. The zero-order valence-electron chi connectivity index (χ0n) is 10.9. The number of hydrogen-bond acceptors (Lipinski definition) is 4. The lowest BCUT2D eigenvalue weighted by atomic mass is 10.1. The van der Waals surface area contributed by atoms with E-state index in [-0.39, 0.29) is 17.3 Å². The molecule has 104 valence electrons. The number of alkyl halides is 1. The van der Waals surface area contributed by atoms with Gasteiger partial charge < -0.3 is 10.1 Å². The van der Waals surface area contributed by atoms with Crippen molar-refractivity contribution in [1.29, 1.82) is 0 Å². The van der Waals surface area contributed by atoms with Gasteiger partial charge in [-0.25, -0.2) is 0 Å². The van der Waals surface area contributed by atoms with Crippen LogP contribution in [0, 0.1) is 10.1 Å². The molecule has 0 saturated heterocycles. The van der Waals surface area contributed by atoms with Gasteiger partial charge in [0.1, 0.15) is 0 Å². The van der Waals surface area contributed by atoms with Crippen LogP contribution in [0.5, 0.6) is 5.75 Å². The van der Waals surface area contributed by atoms with Crippen LogP contribution in [0.4, 0.5) is 5.69 Å². The SMILES string of the molecule is COc1cc(C(=O)NC(C)(C)CBr)ccc1[N+](=O)[O-]. The van der Waals surface area contributed by atoms with E-state index in [0.29, 0.717) is 10.9 Å². The average molecular weight is 331 g/mol. The number of benzene rings is 1. The van der Waals surface area contributed by atoms with Crippen LogP contribution >= 0.6 is 15.9 Å². The lowest BCUT2D eigenvalue weighted by Crippen LogP contribution is -2.44. The Morgan fingerprint density at radius 2 is 2.16 bits per heavy atom. The van der Waals surface area contributed by atoms with Crippen molar-refractivity contribution in [2.24, 2.45) is 0 Å². The van der Waals surface area contributed by atoms with Crippen LogP contribution in [0.3, 0.4) is 0 Å². The molecular weight excluding hydrogens is 316 g/mol. The van der Waals surface area contributed by atoms with Crippen molar-refractivity contribution < 1.29 is 14.5 Å². The first kappa shape index (κ1) is 15.4. The number of halogens is 1. The second-order valence-corrected chi connectivity index (χ2v) is 5.18. The number of carbonyl (C=O) groups is 1. The maximum Gasteiger partial charge on any atom is 0.310 e. The monoisotopic (exact) mass is 330 g/mol. The fourth-order valence-electron chi connectivity index (χ4n) is 1.38. The molecule has 0 unspecified atom stereocenters. The van der Waals surface area contributed by atoms with E-state index in [1.807, 2.05) is 13.8 Å². The summed E-state index contributed by atoms with van der Waals surface area (Å²) in [5.41, 5.74) is -0.262. The van der Waals surface area contributed by atoms with E-state index in [2.05, 4.69) is 21.2 Å². The van der Waals surface area contributed by atoms with Crippen molar-refractivity contribution in [3.8, 4) is 5.75 Å². The van der Waals surface area contributed by atoms with Gasteiger partial charge in [-0.2, -0.15) is 0 Å². The highest BCUT2D eigenvalue weighted by molar-refractivity contribution is 9.09. The Labute approximate surface area is 119 Å². The molecule has 0 atom stereocenters. The van der Waals surface area contributed by atoms with E-state index in [1.54, 1.807) is 0 Å². The van der Waals surface area contributed by atoms with Crippen LogP contribution in [0.25, 0.3) is 0 Å². The number of amides is 1. The van der Waals surface area contributed by atoms with Gasteiger partial charge >= 0.3 is 5.69 Å². The van der Waals surface area contributed by atoms with Crippen molar-refractivity contribution >= 4 is 27.5 Å². The second-order valence-electron chi connectivity index (χ2n) is 4.62. The number of rotatable bonds is 5. The van der Waals surface area contributed by atoms with Gasteiger partial charge in [-0.15, -0.1) is 0 Å². The Morgan fingerprint density at radius 3 is 2.63 bits per heavy atom. The molecule has 6 nitrogen and oxygen atoms in total. The molecule has 0 aliphatic rings. The van der Waals surface area contributed by atoms with Gasteiger partial charge in [0.15, 0.2) is 5.75 Å². The molecule has 0 aliphatic carbocycles. The van der Waals surface area contributed by atoms with Crippen LogP contribution in [-0.4, -0.2) is 28.8 Å². The molecule has 19 heavy (non-hydrogen) atoms. The molecule has 0 radical (unpaired) electrons. The number of hydrogen-bond donors (Lipinski definition) is 1. The largest absolute Gasteiger partial charge is 0.490 e. The molecule has 0 spiro atoms. The fraction of sp³-hybridized carbons (Fsp3) is 0.417. The smallest absolute Gasteiger partial charge is 0.310 e. The van der Waals surface area contributed by atoms with Gasteiger partial charge in [0.25, 0.3) is 5.91 Å². The maximum atomic E-state index is 12.0. The number of nitrogens with one attached hydrogen (secondary N) is 1. The molecule has 0 bridgehead atoms. The summed E-state index contributed by atoms with van der Waals surface area (Å²) in [5, 5.41) is 14.2. The quantitative estimate of drug-likeness (QED) is 0.511. The van der Waals surface area contributed by atoms with E-state index >= 15 is 0 Å². The van der Waals surface area contributed by atoms with Crippen molar-refractivity contribution in [2.45, 2.75) is 19.4 Å². The molecule has 0 aromatic heterocycles. The number of carbonyl (C=O) groups excluding carboxylic acids is 1. The molecule has 0 aliphatic heterocycles. The summed E-state index contributed by atoms with van der Waals surface area (Å²) in [4.78, 5) is 22.2. The third kappa shape index (κ3) is 3.92. The maximum absolute atomic E-state index is 12.0. The predicted molar refractivity (Wildman–Crippen MR) is 75.0 cm³/mol. The van der Waals surface area contributed by atoms with Crippen LogP contribution in [-0.2, 0) is 0 Å². The summed E-state index contributed by atoms with van der Waals surface area (Å²) >= 11 is 3.30. The molecule has 0 heterocycles. The number of ether oxygens (including phenoxy) is 1. The molecule has 1 rings (SSSR count). The topological polar surface area (TPSA) is 81.5 Å². The molecule has 1 N–H and O–H groups in total. The van der Waals surface area contributed by atoms with Gasteiger partial charge in [0.2, 0.25) is 0 Å². The van der Waals surface area contributed by atoms with E-state index in [9.17, 15) is 14.9 Å². The van der Waals surface area contributed by atoms with E-state index in [0.717, 1.165) is 0 Å². The van der Waals surface area contributed by atoms with Crippen molar-refractivity contribution in [3.05, 3.63) is 33.9 Å². The van der Waals surface area contributed by atoms with E-state index in [1.165, 1.54) is 25.3 Å². The van der Waals surface area contributed by atoms with Gasteiger partial charge in [0.05, 0.1) is 12.0 Å². The van der Waals surface area contributed by atoms with Crippen molar-refractivity contribution in [2.75, 3.05) is 12.4 Å². The minimum absolute atomic E-state index is 0.0642. The highest BCUT2D eigenvalue weighted by Gasteiger charge is 2.22. The third-order valence-corrected chi connectivity index (χ3v) is 3.83. The number of nitrogens with zero attached hydrogens (tertiary/aromatic N) is 1. The molecular formula is C12H15BrN2O4. The van der Waals surface area contributed by atoms with E-state index in [4.69, 9.17) is 4.74 Å². The van der Waals surface area contributed by atoms with Crippen LogP contribution in [0.15, 0.2) is 18.2 Å². The summed E-state index contributed by atoms with van der Waals surface area (Å²) < 4.78 is 4.92. The van der Waals surface area contributed by atoms with Crippen LogP contribution in [0.2, 0.25) is 0 Å². The zero-order chi connectivity index (χ0) is 14.6. The first-order valence-corrected chi connectivity index (χ1v) is 6.64. The summed E-state index contributed by atoms with van der Waals surface area (Å²) in [6, 6.07) is 4.02. The van der Waals surface area contributed by atoms with E-state index < -0.39 is 10.5 Å². The predicted octanol–water partition coefficient (Wildman–Crippen LogP) is 2.51. The molecule has 1 aromatic rings. The van der Waals surface area contributed by atoms with Crippen molar-refractivity contribution in [1.82, 2.24) is 5.32 Å². The summed E-state index contributed by atoms with van der Waals surface area (Å²) in [6.07, 6.45) is 0. The van der Waals surface area contributed by atoms with Crippen LogP contribution in [0.1, 0.15) is 24.2 Å². The Hall–Kier alpha value is -1.63. The average Bonchev–Trinajstić information content (AvgIpc) is 2.37. The normalized spacial score (nSPS) is 10.9. The lowest BCUT2D eigenvalue weighted by molar-refractivity contribution is -0.385. The summed E-state index contributed by atoms with van der Waals surface area (Å²) in [5.74, 6) is -0.244. The highest BCUT2D eigenvalue weighted by Crippen LogP contribution is 2.27. The Morgan fingerprint density at radius 1 is 1.53 bits per heavy atom. The molecule has 1 aromatic carbocycles. The first-order chi connectivity index (χ1) is 8.80. The minimum Gasteiger partial charge on any atom is -0.490 e. The summed E-state index contributed by atoms with van der Waals surface area (Å²) in [7, 11) is 1.33. The van der Waals surface area contributed by atoms with Crippen molar-refractivity contribution in [3.63, 3.8) is 0 Å². The fourth-order valence-corrected chi connectivity index (χ4v) is 1.52. The molecule has 0 saturated carbocycles. The molecule has 1 amide bonds. The molecule has 0 fully saturated rings. The molecule has 7 heteroatoms. The van der Waals surface area contributed by atoms with Gasteiger partial charge in [-0.05, 0) is 19.9 Å². The van der Waals surface area contributed by atoms with Crippen LogP contribution < -0.4 is 10.1 Å². The Kier molecular flexibility index (Phi) is 4.88. The van der Waals surface area contributed by atoms with Gasteiger partial charge in [-0.1, -0.05) is 15.9 Å². The lowest BCUT2D eigenvalue weighted by Gasteiger charge is -2.23. The first-order valence-electron chi connectivity index (χ1n) is 5.51. The number of nitro benzene ring substituents is 1. The van der Waals surface area contributed by atoms with Gasteiger partial charge in [0, 0.05) is 28.6 Å². The second kappa shape index (κ2) is 6.01. The standard InChI is InChI=1S/C12H15BrN2O4/c1-12(2,7-13)14-11(16)8-4-5-9(15(17)18)10(6-8)19-3/h4-6H,7H2,1-3H3,(H,14,16). The zero-order valence-corrected chi connectivity index (χ0v) is 12.5. The number of nitro groups is 1. The minimum atomic E-state index is -0.553.